The predicted octanol–water partition coefficient (Wildman–Crippen LogP) is 3.39. The van der Waals surface area contributed by atoms with Gasteiger partial charge in [-0.05, 0) is 24.3 Å². The Labute approximate surface area is 121 Å². The molecule has 21 heavy (non-hydrogen) atoms. The minimum absolute atomic E-state index is 0.00646. The Morgan fingerprint density at radius 1 is 1.10 bits per heavy atom. The molecule has 0 spiro atoms. The number of anilines is 1. The van der Waals surface area contributed by atoms with E-state index in [1.807, 2.05) is 0 Å². The van der Waals surface area contributed by atoms with Crippen molar-refractivity contribution in [2.45, 2.75) is 6.54 Å². The van der Waals surface area contributed by atoms with Crippen LogP contribution in [-0.2, 0) is 11.3 Å². The van der Waals surface area contributed by atoms with Gasteiger partial charge in [-0.25, -0.2) is 13.6 Å². The molecule has 0 N–H and O–H groups in total. The Morgan fingerprint density at radius 2 is 1.71 bits per heavy atom. The van der Waals surface area contributed by atoms with Crippen LogP contribution in [0.15, 0.2) is 42.5 Å². The summed E-state index contributed by atoms with van der Waals surface area (Å²) < 4.78 is 32.1. The van der Waals surface area contributed by atoms with Crippen molar-refractivity contribution < 1.29 is 18.3 Å². The molecule has 5 heteroatoms. The molecule has 0 aliphatic carbocycles. The zero-order valence-electron chi connectivity index (χ0n) is 11.8. The molecule has 0 saturated heterocycles. The fourth-order valence-electron chi connectivity index (χ4n) is 2.09. The normalized spacial score (nSPS) is 10.3. The largest absolute Gasteiger partial charge is 0.465 e. The number of benzene rings is 2. The van der Waals surface area contributed by atoms with Crippen LogP contribution in [0.2, 0.25) is 0 Å². The maximum absolute atomic E-state index is 13.7. The highest BCUT2D eigenvalue weighted by Gasteiger charge is 2.17. The standard InChI is InChI=1S/C16H15F2NO2/c1-19(10-12-13(17)7-5-8-14(12)18)15-9-4-3-6-11(15)16(20)21-2/h3-9H,10H2,1-2H3. The first-order valence-electron chi connectivity index (χ1n) is 6.36. The number of para-hydroxylation sites is 1. The topological polar surface area (TPSA) is 29.5 Å². The summed E-state index contributed by atoms with van der Waals surface area (Å²) in [6.07, 6.45) is 0. The van der Waals surface area contributed by atoms with Crippen molar-refractivity contribution in [3.63, 3.8) is 0 Å². The first-order chi connectivity index (χ1) is 10.0. The van der Waals surface area contributed by atoms with Gasteiger partial charge in [0.05, 0.1) is 18.4 Å². The molecule has 110 valence electrons. The third kappa shape index (κ3) is 3.18. The number of halogens is 2. The van der Waals surface area contributed by atoms with E-state index in [9.17, 15) is 13.6 Å². The average molecular weight is 291 g/mol. The van der Waals surface area contributed by atoms with E-state index in [1.165, 1.54) is 25.3 Å². The van der Waals surface area contributed by atoms with Crippen molar-refractivity contribution in [1.29, 1.82) is 0 Å². The summed E-state index contributed by atoms with van der Waals surface area (Å²) >= 11 is 0. The van der Waals surface area contributed by atoms with Crippen LogP contribution in [0.5, 0.6) is 0 Å². The highest BCUT2D eigenvalue weighted by molar-refractivity contribution is 5.95. The van der Waals surface area contributed by atoms with E-state index in [0.29, 0.717) is 11.3 Å². The summed E-state index contributed by atoms with van der Waals surface area (Å²) in [4.78, 5) is 13.3. The fourth-order valence-corrected chi connectivity index (χ4v) is 2.09. The molecule has 0 saturated carbocycles. The molecule has 0 aliphatic heterocycles. The van der Waals surface area contributed by atoms with E-state index in [1.54, 1.807) is 36.2 Å². The highest BCUT2D eigenvalue weighted by atomic mass is 19.1. The van der Waals surface area contributed by atoms with Crippen LogP contribution in [0.1, 0.15) is 15.9 Å². The third-order valence-electron chi connectivity index (χ3n) is 3.18. The molecule has 2 aromatic carbocycles. The van der Waals surface area contributed by atoms with Gasteiger partial charge < -0.3 is 9.64 Å². The molecular weight excluding hydrogens is 276 g/mol. The second-order valence-electron chi connectivity index (χ2n) is 4.57. The molecule has 0 aliphatic rings. The van der Waals surface area contributed by atoms with Gasteiger partial charge in [-0.15, -0.1) is 0 Å². The Morgan fingerprint density at radius 3 is 2.33 bits per heavy atom. The Hall–Kier alpha value is -2.43. The third-order valence-corrected chi connectivity index (χ3v) is 3.18. The number of rotatable bonds is 4. The van der Waals surface area contributed by atoms with E-state index >= 15 is 0 Å². The molecular formula is C16H15F2NO2. The summed E-state index contributed by atoms with van der Waals surface area (Å²) in [6, 6.07) is 10.5. The molecule has 2 rings (SSSR count). The van der Waals surface area contributed by atoms with Gasteiger partial charge in [0.15, 0.2) is 0 Å². The minimum atomic E-state index is -0.614. The van der Waals surface area contributed by atoms with Gasteiger partial charge in [0, 0.05) is 19.2 Å². The SMILES string of the molecule is COC(=O)c1ccccc1N(C)Cc1c(F)cccc1F. The van der Waals surface area contributed by atoms with Gasteiger partial charge in [0.2, 0.25) is 0 Å². The minimum Gasteiger partial charge on any atom is -0.465 e. The predicted molar refractivity (Wildman–Crippen MR) is 76.2 cm³/mol. The molecule has 0 amide bonds. The van der Waals surface area contributed by atoms with Crippen LogP contribution in [-0.4, -0.2) is 20.1 Å². The number of hydrogen-bond acceptors (Lipinski definition) is 3. The lowest BCUT2D eigenvalue weighted by Gasteiger charge is -2.22. The van der Waals surface area contributed by atoms with E-state index < -0.39 is 17.6 Å². The van der Waals surface area contributed by atoms with Crippen LogP contribution in [0.3, 0.4) is 0 Å². The smallest absolute Gasteiger partial charge is 0.339 e. The van der Waals surface area contributed by atoms with Gasteiger partial charge in [0.1, 0.15) is 11.6 Å². The summed E-state index contributed by atoms with van der Waals surface area (Å²) in [5.41, 5.74) is 0.853. The monoisotopic (exact) mass is 291 g/mol. The Kier molecular flexibility index (Phi) is 4.52. The van der Waals surface area contributed by atoms with Crippen molar-refractivity contribution in [2.75, 3.05) is 19.1 Å². The average Bonchev–Trinajstić information content (AvgIpc) is 2.50. The second-order valence-corrected chi connectivity index (χ2v) is 4.57. The maximum Gasteiger partial charge on any atom is 0.339 e. The van der Waals surface area contributed by atoms with Gasteiger partial charge in [0.25, 0.3) is 0 Å². The number of hydrogen-bond donors (Lipinski definition) is 0. The van der Waals surface area contributed by atoms with Gasteiger partial charge in [-0.2, -0.15) is 0 Å². The molecule has 3 nitrogen and oxygen atoms in total. The number of esters is 1. The molecule has 2 aromatic rings. The first kappa shape index (κ1) is 15.0. The molecule has 0 atom stereocenters. The van der Waals surface area contributed by atoms with Crippen LogP contribution in [0, 0.1) is 11.6 Å². The molecule has 0 radical (unpaired) electrons. The summed E-state index contributed by atoms with van der Waals surface area (Å²) in [5.74, 6) is -1.72. The van der Waals surface area contributed by atoms with Crippen molar-refractivity contribution in [1.82, 2.24) is 0 Å². The zero-order valence-corrected chi connectivity index (χ0v) is 11.8. The van der Waals surface area contributed by atoms with E-state index in [2.05, 4.69) is 0 Å². The van der Waals surface area contributed by atoms with Crippen molar-refractivity contribution in [3.8, 4) is 0 Å². The quantitative estimate of drug-likeness (QED) is 0.809. The van der Waals surface area contributed by atoms with Crippen LogP contribution in [0.25, 0.3) is 0 Å². The molecule has 0 unspecified atom stereocenters. The highest BCUT2D eigenvalue weighted by Crippen LogP contribution is 2.23. The van der Waals surface area contributed by atoms with Crippen molar-refractivity contribution >= 4 is 11.7 Å². The number of nitrogens with zero attached hydrogens (tertiary/aromatic N) is 1. The lowest BCUT2D eigenvalue weighted by molar-refractivity contribution is 0.0601. The van der Waals surface area contributed by atoms with Crippen LogP contribution >= 0.6 is 0 Å². The molecule has 0 heterocycles. The number of methoxy groups -OCH3 is 1. The maximum atomic E-state index is 13.7. The van der Waals surface area contributed by atoms with Crippen LogP contribution < -0.4 is 4.90 Å². The summed E-state index contributed by atoms with van der Waals surface area (Å²) in [6.45, 7) is 0.00646. The first-order valence-corrected chi connectivity index (χ1v) is 6.36. The number of carbonyl (C=O) groups excluding carboxylic acids is 1. The Balaban J connectivity index is 2.33. The number of carbonyl (C=O) groups is 1. The fraction of sp³-hybridized carbons (Fsp3) is 0.188. The van der Waals surface area contributed by atoms with Crippen LogP contribution in [0.4, 0.5) is 14.5 Å². The molecule has 0 bridgehead atoms. The van der Waals surface area contributed by atoms with Gasteiger partial charge >= 0.3 is 5.97 Å². The number of ether oxygens (including phenoxy) is 1. The second kappa shape index (κ2) is 6.35. The molecule has 0 fully saturated rings. The van der Waals surface area contributed by atoms with Gasteiger partial charge in [-0.1, -0.05) is 18.2 Å². The lowest BCUT2D eigenvalue weighted by Crippen LogP contribution is -2.21. The van der Waals surface area contributed by atoms with E-state index in [4.69, 9.17) is 4.74 Å². The van der Waals surface area contributed by atoms with E-state index in [-0.39, 0.29) is 12.1 Å². The molecule has 0 aromatic heterocycles. The summed E-state index contributed by atoms with van der Waals surface area (Å²) in [7, 11) is 2.95. The van der Waals surface area contributed by atoms with Crippen molar-refractivity contribution in [2.24, 2.45) is 0 Å². The summed E-state index contributed by atoms with van der Waals surface area (Å²) in [5, 5.41) is 0. The zero-order chi connectivity index (χ0) is 15.4. The van der Waals surface area contributed by atoms with E-state index in [0.717, 1.165) is 0 Å². The lowest BCUT2D eigenvalue weighted by atomic mass is 10.1. The Bertz CT molecular complexity index is 638. The van der Waals surface area contributed by atoms with Crippen molar-refractivity contribution in [3.05, 3.63) is 65.2 Å². The van der Waals surface area contributed by atoms with Gasteiger partial charge in [-0.3, -0.25) is 0 Å².